The molecule has 0 saturated heterocycles. The Morgan fingerprint density at radius 1 is 1.00 bits per heavy atom. The Bertz CT molecular complexity index is 830. The van der Waals surface area contributed by atoms with Crippen LogP contribution in [-0.4, -0.2) is 17.7 Å². The Morgan fingerprint density at radius 3 is 2.54 bits per heavy atom. The van der Waals surface area contributed by atoms with Crippen LogP contribution >= 0.6 is 0 Å². The summed E-state index contributed by atoms with van der Waals surface area (Å²) in [6, 6.07) is 12.2. The lowest BCUT2D eigenvalue weighted by molar-refractivity contribution is -0.116. The molecule has 3 amide bonds. The molecule has 122 valence electrons. The first-order valence-electron chi connectivity index (χ1n) is 7.63. The van der Waals surface area contributed by atoms with Crippen LogP contribution in [0.1, 0.15) is 38.3 Å². The van der Waals surface area contributed by atoms with Crippen molar-refractivity contribution in [2.75, 3.05) is 5.32 Å². The zero-order chi connectivity index (χ0) is 17.1. The molecule has 0 atom stereocenters. The molecule has 0 fully saturated rings. The van der Waals surface area contributed by atoms with Gasteiger partial charge in [0.15, 0.2) is 0 Å². The first-order chi connectivity index (χ1) is 11.5. The summed E-state index contributed by atoms with van der Waals surface area (Å²) >= 11 is 0. The van der Waals surface area contributed by atoms with E-state index in [9.17, 15) is 14.4 Å². The molecule has 3 N–H and O–H groups in total. The van der Waals surface area contributed by atoms with Gasteiger partial charge in [0.1, 0.15) is 0 Å². The van der Waals surface area contributed by atoms with E-state index in [1.807, 2.05) is 19.1 Å². The Balaban J connectivity index is 1.66. The molecular formula is C18H17N3O3. The number of nitrogens with one attached hydrogen (secondary N) is 3. The lowest BCUT2D eigenvalue weighted by Gasteiger charge is -2.17. The molecule has 1 aliphatic rings. The van der Waals surface area contributed by atoms with Crippen LogP contribution in [0, 0.1) is 6.92 Å². The molecule has 0 spiro atoms. The predicted molar refractivity (Wildman–Crippen MR) is 89.5 cm³/mol. The smallest absolute Gasteiger partial charge is 0.269 e. The number of hydrogen-bond donors (Lipinski definition) is 3. The molecule has 2 aromatic rings. The number of benzene rings is 2. The SMILES string of the molecule is Cc1ccccc1C(=O)NNC(=O)c1ccc2c(c1)CCC(=O)N2. The molecule has 6 heteroatoms. The molecular weight excluding hydrogens is 306 g/mol. The van der Waals surface area contributed by atoms with E-state index in [1.54, 1.807) is 30.3 Å². The number of hydrazine groups is 1. The summed E-state index contributed by atoms with van der Waals surface area (Å²) in [6.45, 7) is 1.83. The number of rotatable bonds is 2. The van der Waals surface area contributed by atoms with Gasteiger partial charge >= 0.3 is 0 Å². The van der Waals surface area contributed by atoms with Gasteiger partial charge in [0.2, 0.25) is 5.91 Å². The zero-order valence-corrected chi connectivity index (χ0v) is 13.2. The molecule has 0 bridgehead atoms. The number of carbonyl (C=O) groups is 3. The summed E-state index contributed by atoms with van der Waals surface area (Å²) in [4.78, 5) is 35.6. The van der Waals surface area contributed by atoms with Crippen LogP contribution in [0.15, 0.2) is 42.5 Å². The average molecular weight is 323 g/mol. The number of aryl methyl sites for hydroxylation is 2. The highest BCUT2D eigenvalue weighted by molar-refractivity contribution is 6.00. The molecule has 24 heavy (non-hydrogen) atoms. The first-order valence-corrected chi connectivity index (χ1v) is 7.63. The van der Waals surface area contributed by atoms with E-state index in [2.05, 4.69) is 16.2 Å². The summed E-state index contributed by atoms with van der Waals surface area (Å²) in [7, 11) is 0. The monoisotopic (exact) mass is 323 g/mol. The van der Waals surface area contributed by atoms with Crippen LogP contribution in [0.4, 0.5) is 5.69 Å². The van der Waals surface area contributed by atoms with Crippen molar-refractivity contribution in [1.29, 1.82) is 0 Å². The van der Waals surface area contributed by atoms with Gasteiger partial charge in [-0.1, -0.05) is 18.2 Å². The largest absolute Gasteiger partial charge is 0.326 e. The van der Waals surface area contributed by atoms with Crippen LogP contribution in [0.25, 0.3) is 0 Å². The van der Waals surface area contributed by atoms with Crippen LogP contribution in [-0.2, 0) is 11.2 Å². The maximum absolute atomic E-state index is 12.2. The second-order valence-electron chi connectivity index (χ2n) is 5.64. The highest BCUT2D eigenvalue weighted by Crippen LogP contribution is 2.23. The molecule has 0 saturated carbocycles. The lowest BCUT2D eigenvalue weighted by Crippen LogP contribution is -2.41. The quantitative estimate of drug-likeness (QED) is 0.738. The summed E-state index contributed by atoms with van der Waals surface area (Å²) in [5.74, 6) is -0.798. The van der Waals surface area contributed by atoms with Crippen molar-refractivity contribution in [2.45, 2.75) is 19.8 Å². The van der Waals surface area contributed by atoms with Gasteiger partial charge < -0.3 is 5.32 Å². The van der Waals surface area contributed by atoms with Crippen molar-refractivity contribution in [3.8, 4) is 0 Å². The lowest BCUT2D eigenvalue weighted by atomic mass is 10.0. The van der Waals surface area contributed by atoms with Crippen molar-refractivity contribution in [3.63, 3.8) is 0 Å². The molecule has 6 nitrogen and oxygen atoms in total. The van der Waals surface area contributed by atoms with E-state index in [1.165, 1.54) is 0 Å². The Kier molecular flexibility index (Phi) is 4.29. The number of amides is 3. The summed E-state index contributed by atoms with van der Waals surface area (Å²) in [5, 5.41) is 2.76. The van der Waals surface area contributed by atoms with Crippen molar-refractivity contribution in [2.24, 2.45) is 0 Å². The molecule has 1 aliphatic heterocycles. The number of hydrogen-bond acceptors (Lipinski definition) is 3. The van der Waals surface area contributed by atoms with Crippen molar-refractivity contribution >= 4 is 23.4 Å². The van der Waals surface area contributed by atoms with E-state index in [-0.39, 0.29) is 11.8 Å². The molecule has 2 aromatic carbocycles. The fraction of sp³-hybridized carbons (Fsp3) is 0.167. The van der Waals surface area contributed by atoms with Crippen molar-refractivity contribution in [1.82, 2.24) is 10.9 Å². The summed E-state index contributed by atoms with van der Waals surface area (Å²) in [6.07, 6.45) is 1.000. The van der Waals surface area contributed by atoms with Gasteiger partial charge in [-0.15, -0.1) is 0 Å². The molecule has 0 unspecified atom stereocenters. The minimum absolute atomic E-state index is 0.0230. The van der Waals surface area contributed by atoms with Crippen LogP contribution in [0.3, 0.4) is 0 Å². The summed E-state index contributed by atoms with van der Waals surface area (Å²) < 4.78 is 0. The minimum Gasteiger partial charge on any atom is -0.326 e. The highest BCUT2D eigenvalue weighted by Gasteiger charge is 2.17. The molecule has 3 rings (SSSR count). The molecule has 1 heterocycles. The third-order valence-corrected chi connectivity index (χ3v) is 3.94. The van der Waals surface area contributed by atoms with E-state index in [4.69, 9.17) is 0 Å². The van der Waals surface area contributed by atoms with E-state index >= 15 is 0 Å². The van der Waals surface area contributed by atoms with E-state index in [0.29, 0.717) is 24.0 Å². The van der Waals surface area contributed by atoms with E-state index in [0.717, 1.165) is 16.8 Å². The predicted octanol–water partition coefficient (Wildman–Crippen LogP) is 1.95. The third kappa shape index (κ3) is 3.27. The van der Waals surface area contributed by atoms with Crippen molar-refractivity contribution < 1.29 is 14.4 Å². The van der Waals surface area contributed by atoms with E-state index < -0.39 is 5.91 Å². The zero-order valence-electron chi connectivity index (χ0n) is 13.2. The van der Waals surface area contributed by atoms with Crippen LogP contribution < -0.4 is 16.2 Å². The first kappa shape index (κ1) is 15.7. The second kappa shape index (κ2) is 6.54. The van der Waals surface area contributed by atoms with Gasteiger partial charge in [-0.2, -0.15) is 0 Å². The number of fused-ring (bicyclic) bond motifs is 1. The van der Waals surface area contributed by atoms with Crippen LogP contribution in [0.5, 0.6) is 0 Å². The number of anilines is 1. The van der Waals surface area contributed by atoms with Crippen molar-refractivity contribution in [3.05, 3.63) is 64.7 Å². The topological polar surface area (TPSA) is 87.3 Å². The van der Waals surface area contributed by atoms with Gasteiger partial charge in [-0.05, 0) is 48.7 Å². The van der Waals surface area contributed by atoms with Gasteiger partial charge in [-0.3, -0.25) is 25.2 Å². The normalized spacial score (nSPS) is 12.8. The molecule has 0 radical (unpaired) electrons. The molecule has 0 aliphatic carbocycles. The molecule has 0 aromatic heterocycles. The Hall–Kier alpha value is -3.15. The fourth-order valence-electron chi connectivity index (χ4n) is 2.61. The standard InChI is InChI=1S/C18H17N3O3/c1-11-4-2-3-5-14(11)18(24)21-20-17(23)13-6-8-15-12(10-13)7-9-16(22)19-15/h2-6,8,10H,7,9H2,1H3,(H,19,22)(H,20,23)(H,21,24). The van der Waals surface area contributed by atoms with Gasteiger partial charge in [0, 0.05) is 23.2 Å². The maximum Gasteiger partial charge on any atom is 0.269 e. The Morgan fingerprint density at radius 2 is 1.75 bits per heavy atom. The van der Waals surface area contributed by atoms with Gasteiger partial charge in [-0.25, -0.2) is 0 Å². The second-order valence-corrected chi connectivity index (χ2v) is 5.64. The minimum atomic E-state index is -0.406. The maximum atomic E-state index is 12.2. The van der Waals surface area contributed by atoms with Gasteiger partial charge in [0.25, 0.3) is 11.8 Å². The highest BCUT2D eigenvalue weighted by atomic mass is 16.2. The summed E-state index contributed by atoms with van der Waals surface area (Å²) in [5.41, 5.74) is 8.23. The van der Waals surface area contributed by atoms with Crippen LogP contribution in [0.2, 0.25) is 0 Å². The number of carbonyl (C=O) groups excluding carboxylic acids is 3. The Labute approximate surface area is 139 Å². The fourth-order valence-corrected chi connectivity index (χ4v) is 2.61. The third-order valence-electron chi connectivity index (χ3n) is 3.94. The average Bonchev–Trinajstić information content (AvgIpc) is 2.59. The van der Waals surface area contributed by atoms with Gasteiger partial charge in [0.05, 0.1) is 0 Å².